The van der Waals surface area contributed by atoms with Crippen LogP contribution in [0.1, 0.15) is 44.9 Å². The molecule has 1 rings (SSSR count). The molecule has 0 aliphatic rings. The normalized spacial score (nSPS) is 9.47. The Labute approximate surface area is 98.0 Å². The Hall–Kier alpha value is -0.760. The van der Waals surface area contributed by atoms with Crippen molar-refractivity contribution in [1.82, 2.24) is 4.98 Å². The highest BCUT2D eigenvalue weighted by molar-refractivity contribution is 8.02. The van der Waals surface area contributed by atoms with Crippen molar-refractivity contribution in [1.29, 1.82) is 0 Å². The molecule has 0 aliphatic heterocycles. The van der Waals surface area contributed by atoms with E-state index in [0.29, 0.717) is 5.92 Å². The molecule has 0 unspecified atom stereocenters. The summed E-state index contributed by atoms with van der Waals surface area (Å²) >= 11 is 1.64. The molecule has 0 fully saturated rings. The van der Waals surface area contributed by atoms with E-state index in [4.69, 9.17) is 0 Å². The maximum Gasteiger partial charge on any atom is 0.0413 e. The molecule has 84 valence electrons. The van der Waals surface area contributed by atoms with Crippen LogP contribution in [0.15, 0.2) is 29.1 Å². The predicted octanol–water partition coefficient (Wildman–Crippen LogP) is 4.78. The summed E-state index contributed by atoms with van der Waals surface area (Å²) in [6.45, 7) is 14.1. The van der Waals surface area contributed by atoms with Gasteiger partial charge in [-0.3, -0.25) is 4.98 Å². The van der Waals surface area contributed by atoms with Crippen LogP contribution in [-0.2, 0) is 0 Å². The van der Waals surface area contributed by atoms with Crippen LogP contribution < -0.4 is 0 Å². The topological polar surface area (TPSA) is 12.9 Å². The van der Waals surface area contributed by atoms with Crippen molar-refractivity contribution in [2.75, 3.05) is 0 Å². The lowest BCUT2D eigenvalue weighted by molar-refractivity contribution is 0.831. The van der Waals surface area contributed by atoms with Gasteiger partial charge in [-0.2, -0.15) is 0 Å². The third-order valence-electron chi connectivity index (χ3n) is 1.87. The predicted molar refractivity (Wildman–Crippen MR) is 70.5 cm³/mol. The minimum atomic E-state index is 0.546. The maximum atomic E-state index is 4.27. The van der Waals surface area contributed by atoms with Gasteiger partial charge in [0, 0.05) is 16.8 Å². The van der Waals surface area contributed by atoms with Gasteiger partial charge in [-0.15, -0.1) is 0 Å². The first kappa shape index (κ1) is 14.2. The van der Waals surface area contributed by atoms with Crippen LogP contribution in [0.25, 0.3) is 0 Å². The average Bonchev–Trinajstić information content (AvgIpc) is 2.24. The van der Waals surface area contributed by atoms with Gasteiger partial charge in [-0.1, -0.05) is 46.0 Å². The standard InChI is InChI=1S/C11H15NS.C2H6/c1-5-13-11-7-12-9(4)6-10(11)8(2)3;1-2/h5-8H,1H2,2-4H3;1-2H3. The average molecular weight is 223 g/mol. The zero-order valence-electron chi connectivity index (χ0n) is 10.4. The Morgan fingerprint density at radius 1 is 1.40 bits per heavy atom. The smallest absolute Gasteiger partial charge is 0.0413 e. The zero-order chi connectivity index (χ0) is 11.8. The number of pyridine rings is 1. The molecular weight excluding hydrogens is 202 g/mol. The van der Waals surface area contributed by atoms with E-state index in [1.54, 1.807) is 11.8 Å². The fourth-order valence-electron chi connectivity index (χ4n) is 1.21. The molecule has 0 radical (unpaired) electrons. The van der Waals surface area contributed by atoms with Crippen LogP contribution in [0.5, 0.6) is 0 Å². The lowest BCUT2D eigenvalue weighted by Gasteiger charge is -2.10. The molecule has 0 spiro atoms. The van der Waals surface area contributed by atoms with Gasteiger partial charge in [0.1, 0.15) is 0 Å². The van der Waals surface area contributed by atoms with E-state index >= 15 is 0 Å². The van der Waals surface area contributed by atoms with E-state index in [0.717, 1.165) is 5.69 Å². The number of aryl methyl sites for hydroxylation is 1. The Morgan fingerprint density at radius 3 is 2.47 bits per heavy atom. The van der Waals surface area contributed by atoms with Crippen LogP contribution in [0.2, 0.25) is 0 Å². The van der Waals surface area contributed by atoms with Crippen LogP contribution in [-0.4, -0.2) is 4.98 Å². The minimum Gasteiger partial charge on any atom is -0.260 e. The van der Waals surface area contributed by atoms with Gasteiger partial charge in [0.2, 0.25) is 0 Å². The minimum absolute atomic E-state index is 0.546. The molecule has 0 amide bonds. The summed E-state index contributed by atoms with van der Waals surface area (Å²) in [6, 6.07) is 2.15. The molecule has 0 bridgehead atoms. The van der Waals surface area contributed by atoms with Crippen molar-refractivity contribution >= 4 is 11.8 Å². The van der Waals surface area contributed by atoms with E-state index < -0.39 is 0 Å². The molecule has 1 nitrogen and oxygen atoms in total. The van der Waals surface area contributed by atoms with Crippen molar-refractivity contribution in [3.8, 4) is 0 Å². The molecule has 2 heteroatoms. The van der Waals surface area contributed by atoms with Gasteiger partial charge < -0.3 is 0 Å². The molecule has 1 aromatic rings. The van der Waals surface area contributed by atoms with Crippen molar-refractivity contribution in [2.24, 2.45) is 0 Å². The second kappa shape index (κ2) is 7.52. The largest absolute Gasteiger partial charge is 0.260 e. The lowest BCUT2D eigenvalue weighted by atomic mass is 10.0. The molecule has 15 heavy (non-hydrogen) atoms. The molecule has 0 aromatic carbocycles. The van der Waals surface area contributed by atoms with Gasteiger partial charge in [0.25, 0.3) is 0 Å². The first-order valence-corrected chi connectivity index (χ1v) is 6.27. The second-order valence-corrected chi connectivity index (χ2v) is 4.31. The molecular formula is C13H21NS. The van der Waals surface area contributed by atoms with E-state index in [9.17, 15) is 0 Å². The molecule has 0 atom stereocenters. The third-order valence-corrected chi connectivity index (χ3v) is 2.63. The number of hydrogen-bond acceptors (Lipinski definition) is 2. The number of thioether (sulfide) groups is 1. The highest BCUT2D eigenvalue weighted by Crippen LogP contribution is 2.28. The van der Waals surface area contributed by atoms with Gasteiger partial charge in [0.05, 0.1) is 0 Å². The highest BCUT2D eigenvalue weighted by Gasteiger charge is 2.06. The highest BCUT2D eigenvalue weighted by atomic mass is 32.2. The van der Waals surface area contributed by atoms with Gasteiger partial charge in [0.15, 0.2) is 0 Å². The summed E-state index contributed by atoms with van der Waals surface area (Å²) in [4.78, 5) is 5.49. The summed E-state index contributed by atoms with van der Waals surface area (Å²) in [5, 5.41) is 1.85. The van der Waals surface area contributed by atoms with Gasteiger partial charge in [-0.05, 0) is 29.9 Å². The zero-order valence-corrected chi connectivity index (χ0v) is 11.2. The van der Waals surface area contributed by atoms with Crippen molar-refractivity contribution < 1.29 is 0 Å². The summed E-state index contributed by atoms with van der Waals surface area (Å²) < 4.78 is 0. The second-order valence-electron chi connectivity index (χ2n) is 3.30. The van der Waals surface area contributed by atoms with E-state index in [1.807, 2.05) is 32.4 Å². The Morgan fingerprint density at radius 2 is 2.00 bits per heavy atom. The van der Waals surface area contributed by atoms with E-state index in [1.165, 1.54) is 10.5 Å². The lowest BCUT2D eigenvalue weighted by Crippen LogP contribution is -1.93. The molecule has 0 N–H and O–H groups in total. The van der Waals surface area contributed by atoms with Crippen molar-refractivity contribution in [2.45, 2.75) is 45.4 Å². The first-order valence-electron chi connectivity index (χ1n) is 5.39. The number of aromatic nitrogens is 1. The van der Waals surface area contributed by atoms with Crippen LogP contribution in [0, 0.1) is 6.92 Å². The van der Waals surface area contributed by atoms with Crippen molar-refractivity contribution in [3.63, 3.8) is 0 Å². The van der Waals surface area contributed by atoms with Gasteiger partial charge >= 0.3 is 0 Å². The van der Waals surface area contributed by atoms with Crippen molar-refractivity contribution in [3.05, 3.63) is 35.5 Å². The SMILES string of the molecule is C=CSc1cnc(C)cc1C(C)C.CC. The fourth-order valence-corrected chi connectivity index (χ4v) is 1.93. The number of rotatable bonds is 3. The van der Waals surface area contributed by atoms with Gasteiger partial charge in [-0.25, -0.2) is 0 Å². The van der Waals surface area contributed by atoms with Crippen LogP contribution >= 0.6 is 11.8 Å². The van der Waals surface area contributed by atoms with Crippen LogP contribution in [0.3, 0.4) is 0 Å². The molecule has 0 saturated heterocycles. The monoisotopic (exact) mass is 223 g/mol. The number of nitrogens with zero attached hydrogens (tertiary/aromatic N) is 1. The summed E-state index contributed by atoms with van der Waals surface area (Å²) in [7, 11) is 0. The molecule has 0 aliphatic carbocycles. The Balaban J connectivity index is 0.000000921. The number of hydrogen-bond donors (Lipinski definition) is 0. The molecule has 1 heterocycles. The van der Waals surface area contributed by atoms with E-state index in [-0.39, 0.29) is 0 Å². The van der Waals surface area contributed by atoms with E-state index in [2.05, 4.69) is 31.5 Å². The Kier molecular flexibility index (Phi) is 7.14. The quantitative estimate of drug-likeness (QED) is 0.684. The summed E-state index contributed by atoms with van der Waals surface area (Å²) in [5.41, 5.74) is 2.44. The summed E-state index contributed by atoms with van der Waals surface area (Å²) in [6.07, 6.45) is 1.93. The summed E-state index contributed by atoms with van der Waals surface area (Å²) in [5.74, 6) is 0.546. The Bertz CT molecular complexity index is 305. The third kappa shape index (κ3) is 4.52. The maximum absolute atomic E-state index is 4.27. The molecule has 1 aromatic heterocycles. The first-order chi connectivity index (χ1) is 7.15. The molecule has 0 saturated carbocycles. The van der Waals surface area contributed by atoms with Crippen LogP contribution in [0.4, 0.5) is 0 Å². The fraction of sp³-hybridized carbons (Fsp3) is 0.462.